The van der Waals surface area contributed by atoms with Gasteiger partial charge >= 0.3 is 5.97 Å². The predicted octanol–water partition coefficient (Wildman–Crippen LogP) is 2.92. The van der Waals surface area contributed by atoms with Gasteiger partial charge in [0, 0.05) is 17.2 Å². The fourth-order valence-corrected chi connectivity index (χ4v) is 2.53. The summed E-state index contributed by atoms with van der Waals surface area (Å²) >= 11 is 1.09. The zero-order valence-electron chi connectivity index (χ0n) is 10.8. The first-order valence-electron chi connectivity index (χ1n) is 5.77. The SMILES string of the molecule is Cc1cc(C(=O)Nc2sccc2C(=O)O)ccc1[N+](=O)[O-]. The van der Waals surface area contributed by atoms with E-state index in [1.54, 1.807) is 5.38 Å². The molecule has 1 amide bonds. The van der Waals surface area contributed by atoms with Gasteiger partial charge in [0.05, 0.1) is 10.5 Å². The molecule has 0 saturated carbocycles. The zero-order valence-corrected chi connectivity index (χ0v) is 11.6. The Morgan fingerprint density at radius 1 is 1.33 bits per heavy atom. The minimum Gasteiger partial charge on any atom is -0.478 e. The summed E-state index contributed by atoms with van der Waals surface area (Å²) in [6.45, 7) is 1.53. The highest BCUT2D eigenvalue weighted by molar-refractivity contribution is 7.14. The smallest absolute Gasteiger partial charge is 0.338 e. The standard InChI is InChI=1S/C13H10N2O5S/c1-7-6-8(2-3-10(7)15(19)20)11(16)14-12-9(13(17)18)4-5-21-12/h2-6H,1H3,(H,14,16)(H,17,18). The molecule has 0 aliphatic heterocycles. The van der Waals surface area contributed by atoms with Gasteiger partial charge in [-0.05, 0) is 30.5 Å². The van der Waals surface area contributed by atoms with E-state index in [2.05, 4.69) is 5.32 Å². The average molecular weight is 306 g/mol. The topological polar surface area (TPSA) is 110 Å². The second-order valence-corrected chi connectivity index (χ2v) is 5.10. The maximum atomic E-state index is 12.1. The Balaban J connectivity index is 2.25. The number of nitro groups is 1. The number of carbonyl (C=O) groups is 2. The largest absolute Gasteiger partial charge is 0.478 e. The molecule has 0 radical (unpaired) electrons. The van der Waals surface area contributed by atoms with Crippen LogP contribution in [0.25, 0.3) is 0 Å². The van der Waals surface area contributed by atoms with Crippen LogP contribution >= 0.6 is 11.3 Å². The number of aromatic carboxylic acids is 1. The maximum absolute atomic E-state index is 12.1. The van der Waals surface area contributed by atoms with Crippen LogP contribution in [-0.2, 0) is 0 Å². The van der Waals surface area contributed by atoms with Gasteiger partial charge in [0.2, 0.25) is 0 Å². The molecule has 0 atom stereocenters. The third-order valence-corrected chi connectivity index (χ3v) is 3.61. The van der Waals surface area contributed by atoms with E-state index in [0.29, 0.717) is 5.56 Å². The van der Waals surface area contributed by atoms with Gasteiger partial charge in [-0.3, -0.25) is 14.9 Å². The van der Waals surface area contributed by atoms with Gasteiger partial charge in [0.1, 0.15) is 5.00 Å². The van der Waals surface area contributed by atoms with Gasteiger partial charge in [-0.2, -0.15) is 0 Å². The zero-order chi connectivity index (χ0) is 15.6. The predicted molar refractivity (Wildman–Crippen MR) is 77.1 cm³/mol. The number of hydrogen-bond donors (Lipinski definition) is 2. The summed E-state index contributed by atoms with van der Waals surface area (Å²) in [5.41, 5.74) is 0.515. The summed E-state index contributed by atoms with van der Waals surface area (Å²) in [5.74, 6) is -1.65. The van der Waals surface area contributed by atoms with Crippen LogP contribution in [0.15, 0.2) is 29.6 Å². The van der Waals surface area contributed by atoms with Crippen molar-refractivity contribution in [2.45, 2.75) is 6.92 Å². The van der Waals surface area contributed by atoms with E-state index in [0.717, 1.165) is 11.3 Å². The van der Waals surface area contributed by atoms with Crippen LogP contribution in [0, 0.1) is 17.0 Å². The van der Waals surface area contributed by atoms with Crippen molar-refractivity contribution in [1.82, 2.24) is 0 Å². The first-order chi connectivity index (χ1) is 9.90. The lowest BCUT2D eigenvalue weighted by atomic mass is 10.1. The number of aryl methyl sites for hydroxylation is 1. The van der Waals surface area contributed by atoms with E-state index in [4.69, 9.17) is 5.11 Å². The molecule has 0 saturated heterocycles. The van der Waals surface area contributed by atoms with Crippen molar-refractivity contribution in [3.63, 3.8) is 0 Å². The molecule has 1 aromatic carbocycles. The molecule has 1 aromatic heterocycles. The quantitative estimate of drug-likeness (QED) is 0.666. The van der Waals surface area contributed by atoms with Crippen LogP contribution in [0.1, 0.15) is 26.3 Å². The molecule has 0 aliphatic carbocycles. The molecular formula is C13H10N2O5S. The third-order valence-electron chi connectivity index (χ3n) is 2.78. The Morgan fingerprint density at radius 3 is 2.62 bits per heavy atom. The average Bonchev–Trinajstić information content (AvgIpc) is 2.86. The molecule has 2 aromatic rings. The second kappa shape index (κ2) is 5.71. The molecule has 21 heavy (non-hydrogen) atoms. The molecule has 0 unspecified atom stereocenters. The molecule has 2 N–H and O–H groups in total. The lowest BCUT2D eigenvalue weighted by Crippen LogP contribution is -2.13. The fraction of sp³-hybridized carbons (Fsp3) is 0.0769. The number of amides is 1. The summed E-state index contributed by atoms with van der Waals surface area (Å²) in [4.78, 5) is 33.2. The van der Waals surface area contributed by atoms with Crippen molar-refractivity contribution in [2.24, 2.45) is 0 Å². The molecule has 8 heteroatoms. The first kappa shape index (κ1) is 14.7. The van der Waals surface area contributed by atoms with Crippen molar-refractivity contribution in [2.75, 3.05) is 5.32 Å². The van der Waals surface area contributed by atoms with E-state index in [1.807, 2.05) is 0 Å². The van der Waals surface area contributed by atoms with Gasteiger partial charge in [-0.25, -0.2) is 4.79 Å². The third kappa shape index (κ3) is 3.06. The molecular weight excluding hydrogens is 296 g/mol. The second-order valence-electron chi connectivity index (χ2n) is 4.18. The van der Waals surface area contributed by atoms with Crippen molar-refractivity contribution >= 4 is 33.9 Å². The number of rotatable bonds is 4. The fourth-order valence-electron chi connectivity index (χ4n) is 1.75. The molecule has 108 valence electrons. The summed E-state index contributed by atoms with van der Waals surface area (Å²) in [7, 11) is 0. The number of nitrogens with zero attached hydrogens (tertiary/aromatic N) is 1. The van der Waals surface area contributed by atoms with Crippen molar-refractivity contribution < 1.29 is 19.6 Å². The Kier molecular flexibility index (Phi) is 3.99. The highest BCUT2D eigenvalue weighted by atomic mass is 32.1. The minimum absolute atomic E-state index is 0.00647. The molecule has 0 bridgehead atoms. The number of hydrogen-bond acceptors (Lipinski definition) is 5. The summed E-state index contributed by atoms with van der Waals surface area (Å²) in [5, 5.41) is 24.0. The monoisotopic (exact) mass is 306 g/mol. The number of thiophene rings is 1. The van der Waals surface area contributed by atoms with Gasteiger partial charge in [0.15, 0.2) is 0 Å². The van der Waals surface area contributed by atoms with Crippen molar-refractivity contribution in [3.05, 3.63) is 56.5 Å². The first-order valence-corrected chi connectivity index (χ1v) is 6.65. The van der Waals surface area contributed by atoms with E-state index >= 15 is 0 Å². The van der Waals surface area contributed by atoms with Gasteiger partial charge in [-0.15, -0.1) is 11.3 Å². The van der Waals surface area contributed by atoms with Gasteiger partial charge < -0.3 is 10.4 Å². The normalized spacial score (nSPS) is 10.1. The Hall–Kier alpha value is -2.74. The van der Waals surface area contributed by atoms with Gasteiger partial charge in [0.25, 0.3) is 11.6 Å². The summed E-state index contributed by atoms with van der Waals surface area (Å²) in [6, 6.07) is 5.36. The summed E-state index contributed by atoms with van der Waals surface area (Å²) < 4.78 is 0. The highest BCUT2D eigenvalue weighted by Crippen LogP contribution is 2.25. The Labute approximate surface area is 123 Å². The van der Waals surface area contributed by atoms with E-state index in [1.165, 1.54) is 31.2 Å². The minimum atomic E-state index is -1.13. The molecule has 7 nitrogen and oxygen atoms in total. The van der Waals surface area contributed by atoms with E-state index in [9.17, 15) is 19.7 Å². The molecule has 2 rings (SSSR count). The summed E-state index contributed by atoms with van der Waals surface area (Å²) in [6.07, 6.45) is 0. The van der Waals surface area contributed by atoms with E-state index in [-0.39, 0.29) is 21.8 Å². The van der Waals surface area contributed by atoms with Crippen LogP contribution in [0.5, 0.6) is 0 Å². The molecule has 0 spiro atoms. The number of carboxylic acids is 1. The number of carbonyl (C=O) groups excluding carboxylic acids is 1. The number of nitro benzene ring substituents is 1. The van der Waals surface area contributed by atoms with Crippen molar-refractivity contribution in [3.8, 4) is 0 Å². The van der Waals surface area contributed by atoms with Crippen LogP contribution < -0.4 is 5.32 Å². The maximum Gasteiger partial charge on any atom is 0.338 e. The number of nitrogens with one attached hydrogen (secondary N) is 1. The highest BCUT2D eigenvalue weighted by Gasteiger charge is 2.17. The van der Waals surface area contributed by atoms with Crippen molar-refractivity contribution in [1.29, 1.82) is 0 Å². The van der Waals surface area contributed by atoms with Crippen LogP contribution in [0.4, 0.5) is 10.7 Å². The number of carboxylic acid groups (broad SMARTS) is 1. The van der Waals surface area contributed by atoms with Crippen LogP contribution in [-0.4, -0.2) is 21.9 Å². The van der Waals surface area contributed by atoms with Gasteiger partial charge in [-0.1, -0.05) is 0 Å². The number of benzene rings is 1. The number of anilines is 1. The lowest BCUT2D eigenvalue weighted by molar-refractivity contribution is -0.385. The Bertz CT molecular complexity index is 738. The van der Waals surface area contributed by atoms with Crippen LogP contribution in [0.2, 0.25) is 0 Å². The van der Waals surface area contributed by atoms with Crippen LogP contribution in [0.3, 0.4) is 0 Å². The molecule has 0 fully saturated rings. The lowest BCUT2D eigenvalue weighted by Gasteiger charge is -2.05. The van der Waals surface area contributed by atoms with E-state index < -0.39 is 16.8 Å². The molecule has 1 heterocycles. The Morgan fingerprint density at radius 2 is 2.05 bits per heavy atom. The molecule has 0 aliphatic rings.